The highest BCUT2D eigenvalue weighted by molar-refractivity contribution is 5.77. The zero-order chi connectivity index (χ0) is 20.5. The van der Waals surface area contributed by atoms with Crippen LogP contribution in [0.15, 0.2) is 42.5 Å². The predicted molar refractivity (Wildman–Crippen MR) is 107 cm³/mol. The number of benzene rings is 2. The second-order valence-corrected chi connectivity index (χ2v) is 5.99. The number of methoxy groups -OCH3 is 1. The van der Waals surface area contributed by atoms with Gasteiger partial charge in [-0.3, -0.25) is 14.9 Å². The second-order valence-electron chi connectivity index (χ2n) is 5.99. The monoisotopic (exact) mass is 387 g/mol. The number of carbonyl (C=O) groups is 1. The Morgan fingerprint density at radius 2 is 1.82 bits per heavy atom. The summed E-state index contributed by atoms with van der Waals surface area (Å²) in [4.78, 5) is 24.6. The Hall–Kier alpha value is -3.29. The van der Waals surface area contributed by atoms with Crippen molar-refractivity contribution in [3.8, 4) is 11.5 Å². The molecule has 0 spiro atoms. The third-order valence-corrected chi connectivity index (χ3v) is 4.27. The van der Waals surface area contributed by atoms with Crippen molar-refractivity contribution in [1.29, 1.82) is 0 Å². The summed E-state index contributed by atoms with van der Waals surface area (Å²) in [6.45, 7) is 6.30. The zero-order valence-electron chi connectivity index (χ0n) is 16.3. The Bertz CT molecular complexity index is 804. The first-order valence-electron chi connectivity index (χ1n) is 9.04. The van der Waals surface area contributed by atoms with Gasteiger partial charge >= 0.3 is 5.69 Å². The Morgan fingerprint density at radius 3 is 2.39 bits per heavy atom. The summed E-state index contributed by atoms with van der Waals surface area (Å²) in [6.07, 6.45) is 0. The molecule has 0 aromatic heterocycles. The Labute approximate surface area is 164 Å². The zero-order valence-corrected chi connectivity index (χ0v) is 16.3. The molecule has 2 aromatic carbocycles. The van der Waals surface area contributed by atoms with Crippen LogP contribution in [0, 0.1) is 10.1 Å². The highest BCUT2D eigenvalue weighted by Gasteiger charge is 2.15. The van der Waals surface area contributed by atoms with E-state index in [4.69, 9.17) is 9.47 Å². The van der Waals surface area contributed by atoms with Crippen LogP contribution >= 0.6 is 0 Å². The number of ether oxygens (including phenoxy) is 2. The standard InChI is InChI=1S/C20H25N3O5/c1-4-22(5-2)16-8-6-15(7-9-16)13-21-20(24)14-28-17-10-11-18(23(25)26)19(12-17)27-3/h6-12H,4-5,13-14H2,1-3H3,(H,21,24). The number of nitro benzene ring substituents is 1. The molecule has 0 bridgehead atoms. The number of rotatable bonds is 10. The molecule has 1 amide bonds. The molecular formula is C20H25N3O5. The number of anilines is 1. The van der Waals surface area contributed by atoms with Crippen molar-refractivity contribution in [2.24, 2.45) is 0 Å². The normalized spacial score (nSPS) is 10.2. The molecule has 0 aliphatic rings. The average molecular weight is 387 g/mol. The maximum Gasteiger partial charge on any atom is 0.311 e. The number of hydrogen-bond acceptors (Lipinski definition) is 6. The molecule has 0 aliphatic carbocycles. The minimum atomic E-state index is -0.541. The number of nitrogens with one attached hydrogen (secondary N) is 1. The van der Waals surface area contributed by atoms with Gasteiger partial charge in [-0.2, -0.15) is 0 Å². The lowest BCUT2D eigenvalue weighted by Crippen LogP contribution is -2.28. The van der Waals surface area contributed by atoms with Gasteiger partial charge in [0, 0.05) is 37.5 Å². The van der Waals surface area contributed by atoms with Crippen LogP contribution in [0.5, 0.6) is 11.5 Å². The van der Waals surface area contributed by atoms with Crippen molar-refractivity contribution >= 4 is 17.3 Å². The van der Waals surface area contributed by atoms with Crippen molar-refractivity contribution in [2.45, 2.75) is 20.4 Å². The van der Waals surface area contributed by atoms with E-state index in [0.29, 0.717) is 12.3 Å². The molecule has 2 aromatic rings. The molecule has 0 saturated heterocycles. The summed E-state index contributed by atoms with van der Waals surface area (Å²) in [7, 11) is 1.34. The van der Waals surface area contributed by atoms with Gasteiger partial charge in [0.25, 0.3) is 5.91 Å². The van der Waals surface area contributed by atoms with Gasteiger partial charge in [0.2, 0.25) is 5.75 Å². The molecule has 0 radical (unpaired) electrons. The lowest BCUT2D eigenvalue weighted by Gasteiger charge is -2.21. The van der Waals surface area contributed by atoms with Crippen molar-refractivity contribution in [1.82, 2.24) is 5.32 Å². The molecule has 28 heavy (non-hydrogen) atoms. The van der Waals surface area contributed by atoms with E-state index in [1.165, 1.54) is 25.3 Å². The van der Waals surface area contributed by atoms with Crippen LogP contribution in [0.4, 0.5) is 11.4 Å². The first-order valence-corrected chi connectivity index (χ1v) is 9.04. The molecule has 0 saturated carbocycles. The van der Waals surface area contributed by atoms with Crippen LogP contribution in [-0.2, 0) is 11.3 Å². The lowest BCUT2D eigenvalue weighted by molar-refractivity contribution is -0.385. The number of carbonyl (C=O) groups excluding carboxylic acids is 1. The van der Waals surface area contributed by atoms with E-state index in [1.54, 1.807) is 0 Å². The van der Waals surface area contributed by atoms with Crippen molar-refractivity contribution in [3.05, 3.63) is 58.1 Å². The molecule has 0 fully saturated rings. The summed E-state index contributed by atoms with van der Waals surface area (Å²) in [5.74, 6) is 0.113. The van der Waals surface area contributed by atoms with E-state index in [-0.39, 0.29) is 24.0 Å². The summed E-state index contributed by atoms with van der Waals surface area (Å²) in [5.41, 5.74) is 1.98. The molecule has 8 heteroatoms. The lowest BCUT2D eigenvalue weighted by atomic mass is 10.2. The van der Waals surface area contributed by atoms with Gasteiger partial charge in [0.1, 0.15) is 5.75 Å². The predicted octanol–water partition coefficient (Wildman–Crippen LogP) is 3.14. The van der Waals surface area contributed by atoms with Crippen molar-refractivity contribution in [2.75, 3.05) is 31.7 Å². The van der Waals surface area contributed by atoms with E-state index in [9.17, 15) is 14.9 Å². The molecule has 0 aliphatic heterocycles. The number of nitro groups is 1. The van der Waals surface area contributed by atoms with Gasteiger partial charge in [-0.05, 0) is 37.6 Å². The van der Waals surface area contributed by atoms with Gasteiger partial charge in [0.15, 0.2) is 6.61 Å². The summed E-state index contributed by atoms with van der Waals surface area (Å²) < 4.78 is 10.4. The maximum absolute atomic E-state index is 12.0. The Balaban J connectivity index is 1.85. The Kier molecular flexibility index (Phi) is 7.62. The van der Waals surface area contributed by atoms with Crippen LogP contribution in [0.2, 0.25) is 0 Å². The highest BCUT2D eigenvalue weighted by Crippen LogP contribution is 2.30. The molecule has 150 valence electrons. The fraction of sp³-hybridized carbons (Fsp3) is 0.350. The van der Waals surface area contributed by atoms with E-state index in [1.807, 2.05) is 24.3 Å². The minimum Gasteiger partial charge on any atom is -0.490 e. The molecule has 0 unspecified atom stereocenters. The maximum atomic E-state index is 12.0. The van der Waals surface area contributed by atoms with Gasteiger partial charge in [0.05, 0.1) is 12.0 Å². The molecular weight excluding hydrogens is 362 g/mol. The van der Waals surface area contributed by atoms with Crippen LogP contribution in [-0.4, -0.2) is 37.6 Å². The van der Waals surface area contributed by atoms with E-state index in [2.05, 4.69) is 24.1 Å². The van der Waals surface area contributed by atoms with E-state index < -0.39 is 4.92 Å². The summed E-state index contributed by atoms with van der Waals surface area (Å²) >= 11 is 0. The molecule has 0 heterocycles. The Morgan fingerprint density at radius 1 is 1.14 bits per heavy atom. The van der Waals surface area contributed by atoms with Gasteiger partial charge in [-0.1, -0.05) is 12.1 Å². The van der Waals surface area contributed by atoms with E-state index in [0.717, 1.165) is 24.3 Å². The van der Waals surface area contributed by atoms with Crippen LogP contribution in [0.1, 0.15) is 19.4 Å². The number of hydrogen-bond donors (Lipinski definition) is 1. The average Bonchev–Trinajstić information content (AvgIpc) is 2.72. The molecule has 8 nitrogen and oxygen atoms in total. The number of nitrogens with zero attached hydrogens (tertiary/aromatic N) is 2. The largest absolute Gasteiger partial charge is 0.490 e. The van der Waals surface area contributed by atoms with Crippen molar-refractivity contribution in [3.63, 3.8) is 0 Å². The minimum absolute atomic E-state index is 0.0798. The fourth-order valence-corrected chi connectivity index (χ4v) is 2.71. The van der Waals surface area contributed by atoms with Crippen LogP contribution < -0.4 is 19.7 Å². The molecule has 0 atom stereocenters. The third kappa shape index (κ3) is 5.60. The highest BCUT2D eigenvalue weighted by atomic mass is 16.6. The van der Waals surface area contributed by atoms with Crippen molar-refractivity contribution < 1.29 is 19.2 Å². The first-order chi connectivity index (χ1) is 13.5. The topological polar surface area (TPSA) is 93.9 Å². The van der Waals surface area contributed by atoms with Gasteiger partial charge in [-0.15, -0.1) is 0 Å². The molecule has 2 rings (SSSR count). The smallest absolute Gasteiger partial charge is 0.311 e. The van der Waals surface area contributed by atoms with Gasteiger partial charge < -0.3 is 19.7 Å². The number of amides is 1. The van der Waals surface area contributed by atoms with E-state index >= 15 is 0 Å². The summed E-state index contributed by atoms with van der Waals surface area (Å²) in [5, 5.41) is 13.7. The molecule has 1 N–H and O–H groups in total. The van der Waals surface area contributed by atoms with Gasteiger partial charge in [-0.25, -0.2) is 0 Å². The second kappa shape index (κ2) is 10.1. The van der Waals surface area contributed by atoms with Crippen LogP contribution in [0.25, 0.3) is 0 Å². The van der Waals surface area contributed by atoms with Crippen LogP contribution in [0.3, 0.4) is 0 Å². The quantitative estimate of drug-likeness (QED) is 0.497. The fourth-order valence-electron chi connectivity index (χ4n) is 2.71. The summed E-state index contributed by atoms with van der Waals surface area (Å²) in [6, 6.07) is 12.1. The first kappa shape index (κ1) is 21.0. The third-order valence-electron chi connectivity index (χ3n) is 4.27. The SMILES string of the molecule is CCN(CC)c1ccc(CNC(=O)COc2ccc([N+](=O)[O-])c(OC)c2)cc1.